The third-order valence-corrected chi connectivity index (χ3v) is 4.45. The first kappa shape index (κ1) is 17.6. The van der Waals surface area contributed by atoms with Crippen LogP contribution in [0.5, 0.6) is 0 Å². The maximum absolute atomic E-state index is 13.1. The largest absolute Gasteiger partial charge is 0.324 e. The summed E-state index contributed by atoms with van der Waals surface area (Å²) < 4.78 is 0. The molecule has 7 nitrogen and oxygen atoms in total. The molecule has 2 aromatic rings. The number of nitro groups is 1. The molecule has 0 radical (unpaired) electrons. The first-order valence-corrected chi connectivity index (χ1v) is 8.37. The maximum atomic E-state index is 13.1. The normalized spacial score (nSPS) is 13.7. The van der Waals surface area contributed by atoms with Gasteiger partial charge in [0, 0.05) is 35.8 Å². The van der Waals surface area contributed by atoms with Gasteiger partial charge in [-0.15, -0.1) is 0 Å². The number of para-hydroxylation sites is 1. The smallest absolute Gasteiger partial charge is 0.273 e. The monoisotopic (exact) mass is 353 g/mol. The van der Waals surface area contributed by atoms with Crippen molar-refractivity contribution in [1.29, 1.82) is 0 Å². The summed E-state index contributed by atoms with van der Waals surface area (Å²) in [5, 5.41) is 11.2. The summed E-state index contributed by atoms with van der Waals surface area (Å²) in [6.07, 6.45) is 1.25. The second-order valence-corrected chi connectivity index (χ2v) is 6.23. The topological polar surface area (TPSA) is 83.8 Å². The molecule has 2 amide bonds. The standard InChI is InChI=1S/C19H19N3O4/c1-14-9-10-15(12-17(14)22(25)26)19(24)21(16-6-3-2-4-7-16)13-20-11-5-8-18(20)23/h2-4,6-7,9-10,12H,5,8,11,13H2,1H3. The molecule has 134 valence electrons. The summed E-state index contributed by atoms with van der Waals surface area (Å²) in [5.41, 5.74) is 1.26. The molecule has 26 heavy (non-hydrogen) atoms. The lowest BCUT2D eigenvalue weighted by Gasteiger charge is -2.28. The van der Waals surface area contributed by atoms with Crippen molar-refractivity contribution in [3.8, 4) is 0 Å². The zero-order valence-electron chi connectivity index (χ0n) is 14.4. The van der Waals surface area contributed by atoms with E-state index in [0.717, 1.165) is 6.42 Å². The minimum absolute atomic E-state index is 0.00798. The van der Waals surface area contributed by atoms with Crippen molar-refractivity contribution in [2.45, 2.75) is 19.8 Å². The number of anilines is 1. The highest BCUT2D eigenvalue weighted by Crippen LogP contribution is 2.24. The van der Waals surface area contributed by atoms with Crippen molar-refractivity contribution in [2.24, 2.45) is 0 Å². The molecule has 0 aliphatic carbocycles. The van der Waals surface area contributed by atoms with Crippen LogP contribution in [0.15, 0.2) is 48.5 Å². The molecule has 1 fully saturated rings. The van der Waals surface area contributed by atoms with Gasteiger partial charge in [-0.25, -0.2) is 0 Å². The fourth-order valence-electron chi connectivity index (χ4n) is 2.99. The SMILES string of the molecule is Cc1ccc(C(=O)N(CN2CCCC2=O)c2ccccc2)cc1[N+](=O)[O-]. The van der Waals surface area contributed by atoms with Crippen LogP contribution in [0.4, 0.5) is 11.4 Å². The summed E-state index contributed by atoms with van der Waals surface area (Å²) in [6.45, 7) is 2.36. The van der Waals surface area contributed by atoms with Crippen LogP contribution in [0, 0.1) is 17.0 Å². The van der Waals surface area contributed by atoms with Gasteiger partial charge in [-0.05, 0) is 31.5 Å². The van der Waals surface area contributed by atoms with Gasteiger partial charge in [0.2, 0.25) is 5.91 Å². The fourth-order valence-corrected chi connectivity index (χ4v) is 2.99. The average molecular weight is 353 g/mol. The Balaban J connectivity index is 1.96. The second kappa shape index (κ2) is 7.35. The average Bonchev–Trinajstić information content (AvgIpc) is 3.04. The number of nitro benzene ring substituents is 1. The molecule has 0 bridgehead atoms. The third kappa shape index (κ3) is 3.56. The number of nitrogens with zero attached hydrogens (tertiary/aromatic N) is 3. The van der Waals surface area contributed by atoms with Crippen LogP contribution in [0.2, 0.25) is 0 Å². The van der Waals surface area contributed by atoms with E-state index in [2.05, 4.69) is 0 Å². The number of amides is 2. The summed E-state index contributed by atoms with van der Waals surface area (Å²) >= 11 is 0. The van der Waals surface area contributed by atoms with E-state index < -0.39 is 4.92 Å². The molecule has 0 aromatic heterocycles. The van der Waals surface area contributed by atoms with Gasteiger partial charge in [-0.3, -0.25) is 24.6 Å². The van der Waals surface area contributed by atoms with Crippen molar-refractivity contribution in [2.75, 3.05) is 18.1 Å². The Bertz CT molecular complexity index is 851. The molecule has 0 spiro atoms. The van der Waals surface area contributed by atoms with Crippen LogP contribution in [-0.2, 0) is 4.79 Å². The number of carbonyl (C=O) groups is 2. The Morgan fingerprint density at radius 2 is 1.96 bits per heavy atom. The van der Waals surface area contributed by atoms with Crippen molar-refractivity contribution < 1.29 is 14.5 Å². The van der Waals surface area contributed by atoms with Crippen LogP contribution in [-0.4, -0.2) is 34.9 Å². The van der Waals surface area contributed by atoms with Gasteiger partial charge < -0.3 is 4.90 Å². The van der Waals surface area contributed by atoms with E-state index in [1.165, 1.54) is 11.0 Å². The van der Waals surface area contributed by atoms with Gasteiger partial charge in [0.1, 0.15) is 6.67 Å². The molecule has 2 aromatic carbocycles. The van der Waals surface area contributed by atoms with Crippen LogP contribution >= 0.6 is 0 Å². The quantitative estimate of drug-likeness (QED) is 0.611. The molecule has 1 heterocycles. The Morgan fingerprint density at radius 1 is 1.23 bits per heavy atom. The zero-order valence-corrected chi connectivity index (χ0v) is 14.4. The first-order chi connectivity index (χ1) is 12.5. The van der Waals surface area contributed by atoms with Crippen molar-refractivity contribution >= 4 is 23.2 Å². The number of aryl methyl sites for hydroxylation is 1. The van der Waals surface area contributed by atoms with E-state index >= 15 is 0 Å². The summed E-state index contributed by atoms with van der Waals surface area (Å²) in [4.78, 5) is 38.9. The highest BCUT2D eigenvalue weighted by atomic mass is 16.6. The Kier molecular flexibility index (Phi) is 4.97. The van der Waals surface area contributed by atoms with E-state index in [0.29, 0.717) is 24.2 Å². The van der Waals surface area contributed by atoms with Gasteiger partial charge in [0.25, 0.3) is 11.6 Å². The summed E-state index contributed by atoms with van der Waals surface area (Å²) in [5.74, 6) is -0.368. The van der Waals surface area contributed by atoms with Crippen molar-refractivity contribution in [3.05, 3.63) is 69.8 Å². The second-order valence-electron chi connectivity index (χ2n) is 6.23. The molecule has 1 saturated heterocycles. The predicted molar refractivity (Wildman–Crippen MR) is 96.9 cm³/mol. The number of likely N-dealkylation sites (tertiary alicyclic amines) is 1. The van der Waals surface area contributed by atoms with Gasteiger partial charge >= 0.3 is 0 Å². The van der Waals surface area contributed by atoms with Gasteiger partial charge in [-0.2, -0.15) is 0 Å². The zero-order chi connectivity index (χ0) is 18.7. The van der Waals surface area contributed by atoms with Gasteiger partial charge in [-0.1, -0.05) is 24.3 Å². The molecule has 7 heteroatoms. The molecule has 0 N–H and O–H groups in total. The summed E-state index contributed by atoms with van der Waals surface area (Å²) in [7, 11) is 0. The first-order valence-electron chi connectivity index (χ1n) is 8.37. The fraction of sp³-hybridized carbons (Fsp3) is 0.263. The third-order valence-electron chi connectivity index (χ3n) is 4.45. The van der Waals surface area contributed by atoms with Crippen LogP contribution in [0.1, 0.15) is 28.8 Å². The lowest BCUT2D eigenvalue weighted by atomic mass is 10.1. The number of hydrogen-bond donors (Lipinski definition) is 0. The number of benzene rings is 2. The maximum Gasteiger partial charge on any atom is 0.273 e. The molecule has 1 aliphatic rings. The lowest BCUT2D eigenvalue weighted by molar-refractivity contribution is -0.385. The van der Waals surface area contributed by atoms with E-state index in [4.69, 9.17) is 0 Å². The molecule has 3 rings (SSSR count). The van der Waals surface area contributed by atoms with Crippen LogP contribution in [0.3, 0.4) is 0 Å². The van der Waals surface area contributed by atoms with Gasteiger partial charge in [0.15, 0.2) is 0 Å². The minimum Gasteiger partial charge on any atom is -0.324 e. The number of rotatable bonds is 5. The van der Waals surface area contributed by atoms with E-state index in [9.17, 15) is 19.7 Å². The molecular formula is C19H19N3O4. The minimum atomic E-state index is -0.497. The van der Waals surface area contributed by atoms with Crippen LogP contribution in [0.25, 0.3) is 0 Å². The van der Waals surface area contributed by atoms with Gasteiger partial charge in [0.05, 0.1) is 4.92 Å². The van der Waals surface area contributed by atoms with E-state index in [1.54, 1.807) is 48.2 Å². The highest BCUT2D eigenvalue weighted by Gasteiger charge is 2.27. The molecule has 0 atom stereocenters. The number of hydrogen-bond acceptors (Lipinski definition) is 4. The van der Waals surface area contributed by atoms with Crippen molar-refractivity contribution in [1.82, 2.24) is 4.90 Å². The number of carbonyl (C=O) groups excluding carboxylic acids is 2. The highest BCUT2D eigenvalue weighted by molar-refractivity contribution is 6.06. The lowest BCUT2D eigenvalue weighted by Crippen LogP contribution is -2.42. The van der Waals surface area contributed by atoms with Crippen molar-refractivity contribution in [3.63, 3.8) is 0 Å². The molecule has 1 aliphatic heterocycles. The van der Waals surface area contributed by atoms with Crippen LogP contribution < -0.4 is 4.90 Å². The summed E-state index contributed by atoms with van der Waals surface area (Å²) in [6, 6.07) is 13.4. The molecule has 0 unspecified atom stereocenters. The predicted octanol–water partition coefficient (Wildman–Crippen LogP) is 3.13. The molecular weight excluding hydrogens is 334 g/mol. The molecule has 0 saturated carbocycles. The Labute approximate surface area is 151 Å². The van der Waals surface area contributed by atoms with E-state index in [1.807, 2.05) is 6.07 Å². The van der Waals surface area contributed by atoms with E-state index in [-0.39, 0.29) is 29.7 Å². The Morgan fingerprint density at radius 3 is 2.58 bits per heavy atom. The Hall–Kier alpha value is -3.22.